The zero-order valence-electron chi connectivity index (χ0n) is 26.4. The molecule has 242 valence electrons. The van der Waals surface area contributed by atoms with Gasteiger partial charge in [0.05, 0.1) is 24.5 Å². The summed E-state index contributed by atoms with van der Waals surface area (Å²) in [6, 6.07) is 7.02. The molecule has 1 N–H and O–H groups in total. The maximum Gasteiger partial charge on any atom is 0.236 e. The Labute approximate surface area is 274 Å². The maximum absolute atomic E-state index is 16.1. The number of rotatable bonds is 6. The van der Waals surface area contributed by atoms with Crippen molar-refractivity contribution in [2.24, 2.45) is 22.7 Å². The third kappa shape index (κ3) is 5.48. The maximum atomic E-state index is 16.1. The number of benzene rings is 1. The van der Waals surface area contributed by atoms with Gasteiger partial charge in [0, 0.05) is 49.3 Å². The Bertz CT molecular complexity index is 1510. The van der Waals surface area contributed by atoms with E-state index >= 15 is 4.39 Å². The SMILES string of the molecule is CN(C)C(=O)C[C@@H]1CC[C@@H](CC(=O)[C@@H]2CC3(CCC(C)(C)CC3)[C@@]3(C(=O)Nc4cc(Cl)ccc43)[C@H]2c2ccnc(Cl)c2F)CO1. The first-order valence-corrected chi connectivity index (χ1v) is 16.8. The highest BCUT2D eigenvalue weighted by molar-refractivity contribution is 6.31. The largest absolute Gasteiger partial charge is 0.377 e. The zero-order chi connectivity index (χ0) is 32.3. The van der Waals surface area contributed by atoms with Crippen LogP contribution in [0.2, 0.25) is 10.2 Å². The minimum Gasteiger partial charge on any atom is -0.377 e. The van der Waals surface area contributed by atoms with Crippen LogP contribution >= 0.6 is 23.2 Å². The van der Waals surface area contributed by atoms with Crippen LogP contribution in [0.1, 0.15) is 88.7 Å². The van der Waals surface area contributed by atoms with E-state index in [1.54, 1.807) is 37.2 Å². The second-order valence-corrected chi connectivity index (χ2v) is 15.5. The lowest BCUT2D eigenvalue weighted by Gasteiger charge is -2.51. The summed E-state index contributed by atoms with van der Waals surface area (Å²) in [6.07, 6.45) is 7.08. The van der Waals surface area contributed by atoms with Crippen LogP contribution in [0.4, 0.5) is 10.1 Å². The van der Waals surface area contributed by atoms with Crippen molar-refractivity contribution in [3.8, 4) is 0 Å². The fraction of sp³-hybridized carbons (Fsp3) is 0.600. The third-order valence-electron chi connectivity index (χ3n) is 11.4. The van der Waals surface area contributed by atoms with Crippen molar-refractivity contribution in [2.75, 3.05) is 26.0 Å². The van der Waals surface area contributed by atoms with Gasteiger partial charge in [-0.3, -0.25) is 14.4 Å². The Hall–Kier alpha value is -2.55. The van der Waals surface area contributed by atoms with Crippen molar-refractivity contribution in [3.05, 3.63) is 57.6 Å². The number of hydrogen-bond donors (Lipinski definition) is 1. The predicted octanol–water partition coefficient (Wildman–Crippen LogP) is 7.34. The van der Waals surface area contributed by atoms with Gasteiger partial charge in [0.2, 0.25) is 11.8 Å². The van der Waals surface area contributed by atoms with E-state index in [9.17, 15) is 14.4 Å². The minimum atomic E-state index is -1.18. The minimum absolute atomic E-state index is 0.0139. The molecule has 1 aromatic carbocycles. The topological polar surface area (TPSA) is 88.6 Å². The van der Waals surface area contributed by atoms with E-state index in [0.717, 1.165) is 37.7 Å². The molecular formula is C35H42Cl2FN3O4. The van der Waals surface area contributed by atoms with Gasteiger partial charge < -0.3 is 15.0 Å². The van der Waals surface area contributed by atoms with Crippen LogP contribution in [0.3, 0.4) is 0 Å². The molecule has 7 nitrogen and oxygen atoms in total. The standard InChI is InChI=1S/C35H42Cl2FN3O4/c1-33(2)10-12-34(13-11-33)18-24(27(42)15-20-5-7-22(45-19-20)17-28(43)41(3)4)29(23-9-14-39-31(37)30(23)38)35(34)25-8-6-21(36)16-26(25)40-32(35)44/h6,8-9,14,16,20,22,24,29H,5,7,10-13,15,17-19H2,1-4H3,(H,40,44)/t20-,22-,24-,29-,35+/m0/s1. The fourth-order valence-corrected chi connectivity index (χ4v) is 9.23. The highest BCUT2D eigenvalue weighted by Gasteiger charge is 2.72. The molecule has 2 aliphatic heterocycles. The Morgan fingerprint density at radius 2 is 1.82 bits per heavy atom. The molecule has 1 aromatic heterocycles. The number of anilines is 1. The number of aromatic nitrogens is 1. The molecule has 4 aliphatic rings. The van der Waals surface area contributed by atoms with Crippen LogP contribution in [0.15, 0.2) is 30.5 Å². The van der Waals surface area contributed by atoms with E-state index in [2.05, 4.69) is 24.1 Å². The van der Waals surface area contributed by atoms with E-state index in [0.29, 0.717) is 36.6 Å². The van der Waals surface area contributed by atoms with Crippen molar-refractivity contribution < 1.29 is 23.5 Å². The average Bonchev–Trinajstić information content (AvgIpc) is 3.45. The lowest BCUT2D eigenvalue weighted by Crippen LogP contribution is -2.52. The Balaban J connectivity index is 1.40. The number of hydrogen-bond acceptors (Lipinski definition) is 5. The van der Waals surface area contributed by atoms with E-state index in [1.807, 2.05) is 6.07 Å². The molecule has 45 heavy (non-hydrogen) atoms. The Morgan fingerprint density at radius 3 is 2.49 bits per heavy atom. The first-order chi connectivity index (χ1) is 21.3. The quantitative estimate of drug-likeness (QED) is 0.328. The Kier molecular flexibility index (Phi) is 8.58. The average molecular weight is 659 g/mol. The zero-order valence-corrected chi connectivity index (χ0v) is 27.9. The number of nitrogens with one attached hydrogen (secondary N) is 1. The van der Waals surface area contributed by atoms with Crippen LogP contribution in [-0.4, -0.2) is 54.3 Å². The summed E-state index contributed by atoms with van der Waals surface area (Å²) < 4.78 is 22.2. The van der Waals surface area contributed by atoms with Crippen LogP contribution in [0.25, 0.3) is 0 Å². The number of carbonyl (C=O) groups is 3. The van der Waals surface area contributed by atoms with E-state index in [-0.39, 0.29) is 52.2 Å². The third-order valence-corrected chi connectivity index (χ3v) is 11.9. The van der Waals surface area contributed by atoms with Crippen molar-refractivity contribution in [1.29, 1.82) is 0 Å². The van der Waals surface area contributed by atoms with Gasteiger partial charge >= 0.3 is 0 Å². The molecule has 0 bridgehead atoms. The van der Waals surface area contributed by atoms with Crippen molar-refractivity contribution >= 4 is 46.5 Å². The van der Waals surface area contributed by atoms with Crippen molar-refractivity contribution in [3.63, 3.8) is 0 Å². The number of ether oxygens (including phenoxy) is 1. The number of halogens is 3. The second kappa shape index (κ2) is 11.9. The molecule has 5 atom stereocenters. The highest BCUT2D eigenvalue weighted by atomic mass is 35.5. The summed E-state index contributed by atoms with van der Waals surface area (Å²) in [5, 5.41) is 3.33. The van der Waals surface area contributed by atoms with Crippen LogP contribution < -0.4 is 5.32 Å². The molecule has 3 heterocycles. The monoisotopic (exact) mass is 657 g/mol. The van der Waals surface area contributed by atoms with Gasteiger partial charge in [0.1, 0.15) is 5.78 Å². The van der Waals surface area contributed by atoms with Gasteiger partial charge in [-0.1, -0.05) is 43.1 Å². The number of pyridine rings is 1. The molecule has 6 rings (SSSR count). The fourth-order valence-electron chi connectivity index (χ4n) is 8.89. The molecular weight excluding hydrogens is 616 g/mol. The molecule has 2 spiro atoms. The first kappa shape index (κ1) is 32.4. The second-order valence-electron chi connectivity index (χ2n) is 14.8. The Morgan fingerprint density at radius 1 is 1.09 bits per heavy atom. The van der Waals surface area contributed by atoms with Gasteiger partial charge in [-0.25, -0.2) is 9.37 Å². The molecule has 2 aromatic rings. The molecule has 10 heteroatoms. The van der Waals surface area contributed by atoms with Gasteiger partial charge in [-0.05, 0) is 91.0 Å². The summed E-state index contributed by atoms with van der Waals surface area (Å²) in [7, 11) is 3.46. The van der Waals surface area contributed by atoms with Gasteiger partial charge in [0.15, 0.2) is 11.0 Å². The lowest BCUT2D eigenvalue weighted by atomic mass is 9.51. The van der Waals surface area contributed by atoms with Crippen LogP contribution in [0.5, 0.6) is 0 Å². The summed E-state index contributed by atoms with van der Waals surface area (Å²) >= 11 is 12.7. The number of Topliss-reactive ketones (excluding diaryl/α,β-unsaturated/α-hetero) is 1. The summed E-state index contributed by atoms with van der Waals surface area (Å²) in [5.41, 5.74) is -0.00437. The van der Waals surface area contributed by atoms with E-state index in [4.69, 9.17) is 27.9 Å². The predicted molar refractivity (Wildman–Crippen MR) is 172 cm³/mol. The molecule has 2 aliphatic carbocycles. The normalized spacial score (nSPS) is 29.9. The smallest absolute Gasteiger partial charge is 0.236 e. The number of amides is 2. The van der Waals surface area contributed by atoms with E-state index < -0.39 is 28.5 Å². The number of carbonyl (C=O) groups excluding carboxylic acids is 3. The molecule has 1 saturated heterocycles. The lowest BCUT2D eigenvalue weighted by molar-refractivity contribution is -0.135. The first-order valence-electron chi connectivity index (χ1n) is 16.0. The molecule has 3 fully saturated rings. The summed E-state index contributed by atoms with van der Waals surface area (Å²) in [4.78, 5) is 46.9. The molecule has 0 radical (unpaired) electrons. The molecule has 2 amide bonds. The molecule has 0 unspecified atom stereocenters. The highest BCUT2D eigenvalue weighted by Crippen LogP contribution is 2.72. The number of ketones is 1. The number of nitrogens with zero attached hydrogens (tertiary/aromatic N) is 2. The van der Waals surface area contributed by atoms with Crippen molar-refractivity contribution in [1.82, 2.24) is 9.88 Å². The van der Waals surface area contributed by atoms with Gasteiger partial charge in [-0.15, -0.1) is 0 Å². The van der Waals surface area contributed by atoms with Gasteiger partial charge in [-0.2, -0.15) is 0 Å². The summed E-state index contributed by atoms with van der Waals surface area (Å²) in [5.74, 6) is -2.26. The summed E-state index contributed by atoms with van der Waals surface area (Å²) in [6.45, 7) is 4.87. The van der Waals surface area contributed by atoms with E-state index in [1.165, 1.54) is 6.20 Å². The van der Waals surface area contributed by atoms with Gasteiger partial charge in [0.25, 0.3) is 0 Å². The molecule has 2 saturated carbocycles. The van der Waals surface area contributed by atoms with Crippen LogP contribution in [-0.2, 0) is 24.5 Å². The van der Waals surface area contributed by atoms with Crippen molar-refractivity contribution in [2.45, 2.75) is 89.1 Å². The van der Waals surface area contributed by atoms with Crippen LogP contribution in [0, 0.1) is 28.5 Å². The number of fused-ring (bicyclic) bond motifs is 3.